The first-order chi connectivity index (χ1) is 4.20. The quantitative estimate of drug-likeness (QED) is 0.490. The van der Waals surface area contributed by atoms with Gasteiger partial charge in [-0.2, -0.15) is 0 Å². The number of rotatable bonds is 0. The molecule has 2 atom stereocenters. The summed E-state index contributed by atoms with van der Waals surface area (Å²) < 4.78 is 0. The van der Waals surface area contributed by atoms with Crippen molar-refractivity contribution in [1.82, 2.24) is 0 Å². The van der Waals surface area contributed by atoms with E-state index in [1.165, 1.54) is 5.57 Å². The fraction of sp³-hybridized carbons (Fsp3) is 0.750. The fourth-order valence-electron chi connectivity index (χ4n) is 1.29. The molecule has 0 radical (unpaired) electrons. The van der Waals surface area contributed by atoms with Gasteiger partial charge in [0.1, 0.15) is 0 Å². The number of hydrogen-bond acceptors (Lipinski definition) is 1. The largest absolute Gasteiger partial charge is 0.393 e. The Hall–Kier alpha value is -0.300. The van der Waals surface area contributed by atoms with E-state index in [0.717, 1.165) is 19.3 Å². The zero-order valence-electron chi connectivity index (χ0n) is 5.93. The first kappa shape index (κ1) is 6.81. The number of aliphatic hydroxyl groups excluding tert-OH is 1. The molecule has 1 rings (SSSR count). The zero-order chi connectivity index (χ0) is 6.85. The Labute approximate surface area is 56.4 Å². The minimum absolute atomic E-state index is 0.0644. The van der Waals surface area contributed by atoms with Crippen LogP contribution < -0.4 is 0 Å². The van der Waals surface area contributed by atoms with E-state index in [1.54, 1.807) is 0 Å². The van der Waals surface area contributed by atoms with Crippen molar-refractivity contribution < 1.29 is 5.11 Å². The van der Waals surface area contributed by atoms with Gasteiger partial charge in [-0.15, -0.1) is 0 Å². The maximum absolute atomic E-state index is 9.16. The summed E-state index contributed by atoms with van der Waals surface area (Å²) in [6.45, 7) is 6.05. The highest BCUT2D eigenvalue weighted by Crippen LogP contribution is 2.27. The molecule has 1 N–H and O–H groups in total. The number of hydrogen-bond donors (Lipinski definition) is 1. The molecular weight excluding hydrogens is 112 g/mol. The molecule has 9 heavy (non-hydrogen) atoms. The summed E-state index contributed by atoms with van der Waals surface area (Å²) in [5.74, 6) is 0.536. The molecule has 0 aromatic rings. The van der Waals surface area contributed by atoms with Crippen molar-refractivity contribution in [2.45, 2.75) is 32.3 Å². The van der Waals surface area contributed by atoms with Gasteiger partial charge in [-0.05, 0) is 25.2 Å². The number of allylic oxidation sites excluding steroid dienone is 1. The van der Waals surface area contributed by atoms with E-state index in [4.69, 9.17) is 5.11 Å². The van der Waals surface area contributed by atoms with E-state index in [1.807, 2.05) is 0 Å². The monoisotopic (exact) mass is 126 g/mol. The van der Waals surface area contributed by atoms with Gasteiger partial charge >= 0.3 is 0 Å². The topological polar surface area (TPSA) is 20.2 Å². The lowest BCUT2D eigenvalue weighted by Gasteiger charge is -2.24. The van der Waals surface area contributed by atoms with Gasteiger partial charge in [0, 0.05) is 0 Å². The molecule has 0 spiro atoms. The summed E-state index contributed by atoms with van der Waals surface area (Å²) in [6, 6.07) is 0. The zero-order valence-corrected chi connectivity index (χ0v) is 5.93. The Morgan fingerprint density at radius 1 is 1.67 bits per heavy atom. The van der Waals surface area contributed by atoms with Crippen molar-refractivity contribution in [3.8, 4) is 0 Å². The maximum atomic E-state index is 9.16. The van der Waals surface area contributed by atoms with E-state index in [2.05, 4.69) is 13.5 Å². The average Bonchev–Trinajstić information content (AvgIpc) is 1.80. The highest BCUT2D eigenvalue weighted by molar-refractivity contribution is 5.03. The molecule has 1 aliphatic rings. The second-order valence-electron chi connectivity index (χ2n) is 2.99. The molecule has 52 valence electrons. The molecule has 1 fully saturated rings. The molecule has 0 amide bonds. The highest BCUT2D eigenvalue weighted by atomic mass is 16.3. The van der Waals surface area contributed by atoms with E-state index < -0.39 is 0 Å². The van der Waals surface area contributed by atoms with E-state index in [-0.39, 0.29) is 6.10 Å². The average molecular weight is 126 g/mol. The first-order valence-corrected chi connectivity index (χ1v) is 3.56. The highest BCUT2D eigenvalue weighted by Gasteiger charge is 2.18. The molecule has 1 aliphatic carbocycles. The van der Waals surface area contributed by atoms with Crippen LogP contribution in [-0.4, -0.2) is 11.2 Å². The minimum Gasteiger partial charge on any atom is -0.393 e. The van der Waals surface area contributed by atoms with Crippen LogP contribution in [0.15, 0.2) is 12.2 Å². The van der Waals surface area contributed by atoms with Crippen LogP contribution in [0.1, 0.15) is 26.2 Å². The minimum atomic E-state index is -0.0644. The maximum Gasteiger partial charge on any atom is 0.0549 e. The summed E-state index contributed by atoms with van der Waals surface area (Å²) in [5, 5.41) is 9.16. The molecule has 0 heterocycles. The Balaban J connectivity index is 2.44. The normalized spacial score (nSPS) is 36.9. The molecule has 1 heteroatoms. The van der Waals surface area contributed by atoms with Crippen LogP contribution >= 0.6 is 0 Å². The Morgan fingerprint density at radius 2 is 2.33 bits per heavy atom. The van der Waals surface area contributed by atoms with Gasteiger partial charge in [0.05, 0.1) is 6.10 Å². The first-order valence-electron chi connectivity index (χ1n) is 3.56. The second-order valence-corrected chi connectivity index (χ2v) is 2.99. The summed E-state index contributed by atoms with van der Waals surface area (Å²) in [4.78, 5) is 0. The number of aliphatic hydroxyl groups is 1. The summed E-state index contributed by atoms with van der Waals surface area (Å²) >= 11 is 0. The van der Waals surface area contributed by atoms with E-state index >= 15 is 0 Å². The van der Waals surface area contributed by atoms with Crippen LogP contribution in [0.5, 0.6) is 0 Å². The van der Waals surface area contributed by atoms with Crippen molar-refractivity contribution in [2.75, 3.05) is 0 Å². The third-order valence-corrected chi connectivity index (χ3v) is 2.12. The van der Waals surface area contributed by atoms with Crippen LogP contribution in [0.3, 0.4) is 0 Å². The summed E-state index contributed by atoms with van der Waals surface area (Å²) in [5.41, 5.74) is 1.31. The van der Waals surface area contributed by atoms with Gasteiger partial charge in [0.2, 0.25) is 0 Å². The van der Waals surface area contributed by atoms with E-state index in [9.17, 15) is 0 Å². The lowest BCUT2D eigenvalue weighted by molar-refractivity contribution is 0.126. The Morgan fingerprint density at radius 3 is 2.78 bits per heavy atom. The molecule has 1 unspecified atom stereocenters. The van der Waals surface area contributed by atoms with Gasteiger partial charge in [0.15, 0.2) is 0 Å². The summed E-state index contributed by atoms with van der Waals surface area (Å²) in [7, 11) is 0. The molecular formula is C8H14O. The van der Waals surface area contributed by atoms with Crippen LogP contribution in [0.2, 0.25) is 0 Å². The predicted octanol–water partition coefficient (Wildman–Crippen LogP) is 1.72. The van der Waals surface area contributed by atoms with Crippen molar-refractivity contribution >= 4 is 0 Å². The van der Waals surface area contributed by atoms with Crippen LogP contribution in [0, 0.1) is 5.92 Å². The lowest BCUT2D eigenvalue weighted by Crippen LogP contribution is -2.18. The van der Waals surface area contributed by atoms with E-state index in [0.29, 0.717) is 5.92 Å². The van der Waals surface area contributed by atoms with Crippen molar-refractivity contribution in [3.05, 3.63) is 12.2 Å². The van der Waals surface area contributed by atoms with Gasteiger partial charge in [-0.25, -0.2) is 0 Å². The Kier molecular flexibility index (Phi) is 1.91. The van der Waals surface area contributed by atoms with Gasteiger partial charge in [-0.1, -0.05) is 19.1 Å². The molecule has 0 aromatic heterocycles. The Bertz CT molecular complexity index is 118. The molecule has 0 saturated heterocycles. The fourth-order valence-corrected chi connectivity index (χ4v) is 1.29. The third-order valence-electron chi connectivity index (χ3n) is 2.12. The molecule has 1 nitrogen and oxygen atoms in total. The smallest absolute Gasteiger partial charge is 0.0549 e. The van der Waals surface area contributed by atoms with Gasteiger partial charge < -0.3 is 5.11 Å². The van der Waals surface area contributed by atoms with Gasteiger partial charge in [-0.3, -0.25) is 0 Å². The molecule has 1 saturated carbocycles. The summed E-state index contributed by atoms with van der Waals surface area (Å²) in [6.07, 6.45) is 2.79. The standard InChI is InChI=1S/C8H14O/c1-6-3-4-8(9)5-7(6)2/h7-9H,1,3-5H2,2H3/t7-,8?/m0/s1. The van der Waals surface area contributed by atoms with Crippen LogP contribution in [0.25, 0.3) is 0 Å². The second kappa shape index (κ2) is 2.53. The third kappa shape index (κ3) is 1.55. The van der Waals surface area contributed by atoms with Crippen molar-refractivity contribution in [3.63, 3.8) is 0 Å². The molecule has 0 bridgehead atoms. The molecule has 0 aliphatic heterocycles. The molecule has 0 aromatic carbocycles. The van der Waals surface area contributed by atoms with Crippen molar-refractivity contribution in [2.24, 2.45) is 5.92 Å². The lowest BCUT2D eigenvalue weighted by atomic mass is 9.85. The van der Waals surface area contributed by atoms with Crippen molar-refractivity contribution in [1.29, 1.82) is 0 Å². The van der Waals surface area contributed by atoms with Gasteiger partial charge in [0.25, 0.3) is 0 Å². The van der Waals surface area contributed by atoms with Crippen LogP contribution in [-0.2, 0) is 0 Å². The van der Waals surface area contributed by atoms with Crippen LogP contribution in [0.4, 0.5) is 0 Å². The SMILES string of the molecule is C=C1CCC(O)C[C@@H]1C. The predicted molar refractivity (Wildman–Crippen MR) is 38.2 cm³/mol.